The molecule has 0 aliphatic carbocycles. The molecule has 0 spiro atoms. The summed E-state index contributed by atoms with van der Waals surface area (Å²) >= 11 is 1.86. The summed E-state index contributed by atoms with van der Waals surface area (Å²) in [4.78, 5) is 2.34. The van der Waals surface area contributed by atoms with Gasteiger partial charge < -0.3 is 9.32 Å². The summed E-state index contributed by atoms with van der Waals surface area (Å²) in [5.74, 6) is 0. The molecule has 0 N–H and O–H groups in total. The molecule has 0 saturated heterocycles. The van der Waals surface area contributed by atoms with Crippen LogP contribution in [0.3, 0.4) is 0 Å². The lowest BCUT2D eigenvalue weighted by Crippen LogP contribution is -2.10. The Labute approximate surface area is 287 Å². The maximum Gasteiger partial charge on any atom is 0.160 e. The van der Waals surface area contributed by atoms with E-state index in [2.05, 4.69) is 175 Å². The Balaban J connectivity index is 1.19. The van der Waals surface area contributed by atoms with E-state index in [4.69, 9.17) is 4.42 Å². The third-order valence-electron chi connectivity index (χ3n) is 9.66. The molecule has 2 heterocycles. The minimum atomic E-state index is 0.880. The van der Waals surface area contributed by atoms with Crippen LogP contribution in [0.5, 0.6) is 0 Å². The standard InChI is InChI=1S/C46H29NOS/c1-2-11-30(12-3-1)31-21-25-34(26-22-31)47(40-29-33-13-4-5-14-37(33)45-38-15-6-8-18-41(38)48-46(40)45)35-27-23-32(24-28-35)36-17-10-20-43-44(36)39-16-7-9-19-42(39)49-43/h1-29H. The SMILES string of the molecule is c1ccc(-c2ccc(N(c3ccc(-c4cccc5sc6ccccc6c45)cc3)c3cc4ccccc4c4c3oc3ccccc34)cc2)cc1. The van der Waals surface area contributed by atoms with Gasteiger partial charge in [0.2, 0.25) is 0 Å². The molecule has 49 heavy (non-hydrogen) atoms. The molecule has 0 bridgehead atoms. The van der Waals surface area contributed by atoms with Gasteiger partial charge in [0.1, 0.15) is 5.58 Å². The van der Waals surface area contributed by atoms with Crippen molar-refractivity contribution in [2.75, 3.05) is 4.90 Å². The summed E-state index contributed by atoms with van der Waals surface area (Å²) in [7, 11) is 0. The van der Waals surface area contributed by atoms with Crippen LogP contribution in [0.25, 0.3) is 75.1 Å². The highest BCUT2D eigenvalue weighted by atomic mass is 32.1. The number of rotatable bonds is 5. The average molecular weight is 644 g/mol. The number of furan rings is 1. The number of hydrogen-bond donors (Lipinski definition) is 0. The predicted molar refractivity (Wildman–Crippen MR) is 210 cm³/mol. The summed E-state index contributed by atoms with van der Waals surface area (Å²) in [5, 5.41) is 7.27. The lowest BCUT2D eigenvalue weighted by atomic mass is 9.98. The van der Waals surface area contributed by atoms with E-state index in [0.29, 0.717) is 0 Å². The largest absolute Gasteiger partial charge is 0.454 e. The fourth-order valence-electron chi connectivity index (χ4n) is 7.39. The van der Waals surface area contributed by atoms with E-state index in [1.54, 1.807) is 0 Å². The predicted octanol–water partition coefficient (Wildman–Crippen LogP) is 13.9. The fraction of sp³-hybridized carbons (Fsp3) is 0. The van der Waals surface area contributed by atoms with Gasteiger partial charge >= 0.3 is 0 Å². The zero-order chi connectivity index (χ0) is 32.3. The second-order valence-corrected chi connectivity index (χ2v) is 13.6. The molecule has 8 aromatic carbocycles. The average Bonchev–Trinajstić information content (AvgIpc) is 3.75. The molecule has 0 atom stereocenters. The molecule has 0 unspecified atom stereocenters. The molecule has 0 aliphatic heterocycles. The minimum absolute atomic E-state index is 0.880. The topological polar surface area (TPSA) is 16.4 Å². The zero-order valence-corrected chi connectivity index (χ0v) is 27.3. The molecular formula is C46H29NOS. The van der Waals surface area contributed by atoms with Crippen LogP contribution in [0.15, 0.2) is 180 Å². The van der Waals surface area contributed by atoms with Gasteiger partial charge in [0.25, 0.3) is 0 Å². The number of benzene rings is 8. The Morgan fingerprint density at radius 2 is 1.04 bits per heavy atom. The summed E-state index contributed by atoms with van der Waals surface area (Å²) < 4.78 is 9.37. The second-order valence-electron chi connectivity index (χ2n) is 12.5. The van der Waals surface area contributed by atoms with Crippen molar-refractivity contribution >= 4 is 81.3 Å². The highest BCUT2D eigenvalue weighted by Crippen LogP contribution is 2.46. The molecule has 10 rings (SSSR count). The van der Waals surface area contributed by atoms with Gasteiger partial charge in [-0.25, -0.2) is 0 Å². The molecule has 230 valence electrons. The number of fused-ring (bicyclic) bond motifs is 8. The van der Waals surface area contributed by atoms with E-state index in [1.165, 1.54) is 53.2 Å². The van der Waals surface area contributed by atoms with Crippen molar-refractivity contribution in [2.24, 2.45) is 0 Å². The third-order valence-corrected chi connectivity index (χ3v) is 10.8. The summed E-state index contributed by atoms with van der Waals surface area (Å²) in [6.45, 7) is 0. The van der Waals surface area contributed by atoms with Gasteiger partial charge in [-0.15, -0.1) is 11.3 Å². The van der Waals surface area contributed by atoms with Gasteiger partial charge in [0, 0.05) is 42.3 Å². The summed E-state index contributed by atoms with van der Waals surface area (Å²) in [6, 6.07) is 63.1. The monoisotopic (exact) mass is 643 g/mol. The van der Waals surface area contributed by atoms with Crippen molar-refractivity contribution in [2.45, 2.75) is 0 Å². The third kappa shape index (κ3) is 4.55. The van der Waals surface area contributed by atoms with Crippen LogP contribution < -0.4 is 4.90 Å². The Morgan fingerprint density at radius 3 is 1.84 bits per heavy atom. The van der Waals surface area contributed by atoms with E-state index in [9.17, 15) is 0 Å². The molecule has 0 radical (unpaired) electrons. The molecule has 0 amide bonds. The zero-order valence-electron chi connectivity index (χ0n) is 26.5. The van der Waals surface area contributed by atoms with Gasteiger partial charge in [-0.2, -0.15) is 0 Å². The van der Waals surface area contributed by atoms with Crippen molar-refractivity contribution in [1.82, 2.24) is 0 Å². The quantitative estimate of drug-likeness (QED) is 0.186. The lowest BCUT2D eigenvalue weighted by Gasteiger charge is -2.26. The van der Waals surface area contributed by atoms with Crippen LogP contribution in [0.1, 0.15) is 0 Å². The Morgan fingerprint density at radius 1 is 0.429 bits per heavy atom. The van der Waals surface area contributed by atoms with Gasteiger partial charge in [0.15, 0.2) is 5.58 Å². The minimum Gasteiger partial charge on any atom is -0.454 e. The van der Waals surface area contributed by atoms with E-state index in [-0.39, 0.29) is 0 Å². The van der Waals surface area contributed by atoms with Gasteiger partial charge in [-0.05, 0) is 81.6 Å². The first kappa shape index (κ1) is 27.9. The molecule has 2 aromatic heterocycles. The van der Waals surface area contributed by atoms with Gasteiger partial charge in [0.05, 0.1) is 5.69 Å². The first-order chi connectivity index (χ1) is 24.3. The van der Waals surface area contributed by atoms with Crippen molar-refractivity contribution in [3.8, 4) is 22.3 Å². The Kier molecular flexibility index (Phi) is 6.39. The molecule has 0 aliphatic rings. The molecule has 10 aromatic rings. The maximum atomic E-state index is 6.74. The first-order valence-electron chi connectivity index (χ1n) is 16.6. The molecule has 0 saturated carbocycles. The maximum absolute atomic E-state index is 6.74. The summed E-state index contributed by atoms with van der Waals surface area (Å²) in [6.07, 6.45) is 0. The molecular weight excluding hydrogens is 615 g/mol. The van der Waals surface area contributed by atoms with Crippen LogP contribution in [0, 0.1) is 0 Å². The molecule has 2 nitrogen and oxygen atoms in total. The van der Waals surface area contributed by atoms with E-state index in [0.717, 1.165) is 39.0 Å². The first-order valence-corrected chi connectivity index (χ1v) is 17.4. The molecule has 0 fully saturated rings. The number of nitrogens with zero attached hydrogens (tertiary/aromatic N) is 1. The van der Waals surface area contributed by atoms with Crippen molar-refractivity contribution in [3.05, 3.63) is 176 Å². The fourth-order valence-corrected chi connectivity index (χ4v) is 8.52. The smallest absolute Gasteiger partial charge is 0.160 e. The van der Waals surface area contributed by atoms with Crippen LogP contribution in [0.2, 0.25) is 0 Å². The van der Waals surface area contributed by atoms with Crippen LogP contribution in [0.4, 0.5) is 17.1 Å². The second kappa shape index (κ2) is 11.2. The van der Waals surface area contributed by atoms with Crippen molar-refractivity contribution < 1.29 is 4.42 Å². The Hall–Kier alpha value is -6.16. The van der Waals surface area contributed by atoms with Crippen LogP contribution in [-0.2, 0) is 0 Å². The molecule has 3 heteroatoms. The Bertz CT molecular complexity index is 2810. The summed E-state index contributed by atoms with van der Waals surface area (Å²) in [5.41, 5.74) is 9.75. The van der Waals surface area contributed by atoms with Crippen LogP contribution >= 0.6 is 11.3 Å². The van der Waals surface area contributed by atoms with Gasteiger partial charge in [-0.3, -0.25) is 0 Å². The number of hydrogen-bond acceptors (Lipinski definition) is 3. The number of anilines is 3. The van der Waals surface area contributed by atoms with E-state index < -0.39 is 0 Å². The highest BCUT2D eigenvalue weighted by Gasteiger charge is 2.22. The van der Waals surface area contributed by atoms with E-state index in [1.807, 2.05) is 17.4 Å². The lowest BCUT2D eigenvalue weighted by molar-refractivity contribution is 0.669. The number of thiophene rings is 1. The highest BCUT2D eigenvalue weighted by molar-refractivity contribution is 7.25. The number of para-hydroxylation sites is 1. The van der Waals surface area contributed by atoms with E-state index >= 15 is 0 Å². The van der Waals surface area contributed by atoms with Crippen molar-refractivity contribution in [1.29, 1.82) is 0 Å². The normalized spacial score (nSPS) is 11.7. The van der Waals surface area contributed by atoms with Crippen molar-refractivity contribution in [3.63, 3.8) is 0 Å². The van der Waals surface area contributed by atoms with Gasteiger partial charge in [-0.1, -0.05) is 127 Å². The van der Waals surface area contributed by atoms with Crippen LogP contribution in [-0.4, -0.2) is 0 Å².